The average Bonchev–Trinajstić information content (AvgIpc) is 3.47. The number of amides is 1. The molecule has 198 valence electrons. The first kappa shape index (κ1) is 25.5. The Morgan fingerprint density at radius 3 is 2.53 bits per heavy atom. The maximum atomic E-state index is 14.4. The molecule has 1 saturated heterocycles. The summed E-state index contributed by atoms with van der Waals surface area (Å²) >= 11 is 0. The van der Waals surface area contributed by atoms with E-state index in [1.54, 1.807) is 12.3 Å². The number of carbonyl (C=O) groups excluding carboxylic acids is 1. The number of anilines is 2. The van der Waals surface area contributed by atoms with Gasteiger partial charge in [-0.3, -0.25) is 14.3 Å². The van der Waals surface area contributed by atoms with E-state index in [1.807, 2.05) is 10.7 Å². The lowest BCUT2D eigenvalue weighted by Gasteiger charge is -2.23. The molecule has 3 N–H and O–H groups in total. The molecule has 1 amide bonds. The van der Waals surface area contributed by atoms with Gasteiger partial charge >= 0.3 is 0 Å². The molecule has 0 radical (unpaired) electrons. The van der Waals surface area contributed by atoms with Crippen LogP contribution in [0.5, 0.6) is 0 Å². The number of nitrogens with two attached hydrogens (primary N) is 1. The van der Waals surface area contributed by atoms with Crippen LogP contribution in [-0.2, 0) is 0 Å². The van der Waals surface area contributed by atoms with E-state index in [9.17, 15) is 18.4 Å². The van der Waals surface area contributed by atoms with Gasteiger partial charge in [0.05, 0.1) is 23.1 Å². The second-order valence-corrected chi connectivity index (χ2v) is 9.78. The predicted molar refractivity (Wildman–Crippen MR) is 142 cm³/mol. The van der Waals surface area contributed by atoms with Gasteiger partial charge in [-0.15, -0.1) is 0 Å². The van der Waals surface area contributed by atoms with Crippen molar-refractivity contribution in [2.75, 3.05) is 23.3 Å². The largest absolute Gasteiger partial charge is 0.367 e. The van der Waals surface area contributed by atoms with Crippen molar-refractivity contribution in [3.05, 3.63) is 76.3 Å². The smallest absolute Gasteiger partial charge is 0.276 e. The Balaban J connectivity index is 1.56. The summed E-state index contributed by atoms with van der Waals surface area (Å²) < 4.78 is 31.2. The third-order valence-electron chi connectivity index (χ3n) is 7.18. The fourth-order valence-electron chi connectivity index (χ4n) is 4.82. The topological polar surface area (TPSA) is 111 Å². The Bertz CT molecular complexity index is 1550. The van der Waals surface area contributed by atoms with Crippen LogP contribution < -0.4 is 21.5 Å². The van der Waals surface area contributed by atoms with Gasteiger partial charge in [-0.1, -0.05) is 19.9 Å². The van der Waals surface area contributed by atoms with Crippen molar-refractivity contribution in [3.63, 3.8) is 0 Å². The van der Waals surface area contributed by atoms with Crippen LogP contribution >= 0.6 is 0 Å². The Morgan fingerprint density at radius 1 is 1.13 bits per heavy atom. The number of fused-ring (bicyclic) bond motifs is 1. The highest BCUT2D eigenvalue weighted by Gasteiger charge is 2.30. The van der Waals surface area contributed by atoms with E-state index in [2.05, 4.69) is 41.2 Å². The van der Waals surface area contributed by atoms with Gasteiger partial charge in [0, 0.05) is 36.6 Å². The van der Waals surface area contributed by atoms with Crippen molar-refractivity contribution in [1.29, 1.82) is 0 Å². The second kappa shape index (κ2) is 9.97. The molecule has 4 aromatic rings. The molecule has 1 aliphatic rings. The molecule has 0 bridgehead atoms. The summed E-state index contributed by atoms with van der Waals surface area (Å²) in [5.74, 6) is -2.33. The van der Waals surface area contributed by atoms with E-state index in [4.69, 9.17) is 5.73 Å². The van der Waals surface area contributed by atoms with Gasteiger partial charge in [0.15, 0.2) is 11.6 Å². The van der Waals surface area contributed by atoms with E-state index >= 15 is 0 Å². The van der Waals surface area contributed by atoms with Gasteiger partial charge in [-0.2, -0.15) is 14.9 Å². The SMILES string of the molecule is CC[C@@H](C)n1ncc2c(N3C[C@@H](C)[C@@H](N)C3)c(NC(=O)c3ccc(=O)n(-c4c(F)cccc4F)n3)ccc21. The molecule has 0 saturated carbocycles. The van der Waals surface area contributed by atoms with Gasteiger partial charge in [0.2, 0.25) is 0 Å². The molecule has 3 heterocycles. The fourth-order valence-corrected chi connectivity index (χ4v) is 4.82. The molecule has 1 fully saturated rings. The van der Waals surface area contributed by atoms with Gasteiger partial charge in [-0.25, -0.2) is 8.78 Å². The molecule has 0 unspecified atom stereocenters. The lowest BCUT2D eigenvalue weighted by Crippen LogP contribution is -2.29. The Hall–Kier alpha value is -4.12. The molecule has 2 aromatic carbocycles. The fraction of sp³-hybridized carbons (Fsp3) is 0.333. The minimum atomic E-state index is -0.970. The number of carbonyl (C=O) groups is 1. The molecular weight excluding hydrogens is 492 g/mol. The number of nitrogens with zero attached hydrogens (tertiary/aromatic N) is 5. The van der Waals surface area contributed by atoms with Crippen LogP contribution in [-0.4, -0.2) is 44.6 Å². The molecule has 0 aliphatic carbocycles. The zero-order valence-electron chi connectivity index (χ0n) is 21.4. The number of aromatic nitrogens is 4. The number of para-hydroxylation sites is 1. The van der Waals surface area contributed by atoms with Crippen LogP contribution in [0, 0.1) is 17.6 Å². The Morgan fingerprint density at radius 2 is 1.87 bits per heavy atom. The van der Waals surface area contributed by atoms with Crippen LogP contribution in [0.25, 0.3) is 16.6 Å². The van der Waals surface area contributed by atoms with E-state index < -0.39 is 28.8 Å². The first-order chi connectivity index (χ1) is 18.2. The predicted octanol–water partition coefficient (Wildman–Crippen LogP) is 3.87. The van der Waals surface area contributed by atoms with Crippen molar-refractivity contribution in [2.45, 2.75) is 39.3 Å². The number of hydrogen-bond acceptors (Lipinski definition) is 6. The highest BCUT2D eigenvalue weighted by molar-refractivity contribution is 6.09. The molecule has 1 aliphatic heterocycles. The monoisotopic (exact) mass is 521 g/mol. The third-order valence-corrected chi connectivity index (χ3v) is 7.18. The quantitative estimate of drug-likeness (QED) is 0.399. The summed E-state index contributed by atoms with van der Waals surface area (Å²) in [6.07, 6.45) is 2.70. The number of rotatable bonds is 6. The minimum absolute atomic E-state index is 0.0284. The maximum Gasteiger partial charge on any atom is 0.276 e. The molecule has 38 heavy (non-hydrogen) atoms. The Kier molecular flexibility index (Phi) is 6.70. The summed E-state index contributed by atoms with van der Waals surface area (Å²) in [6.45, 7) is 7.57. The van der Waals surface area contributed by atoms with Crippen molar-refractivity contribution in [1.82, 2.24) is 19.6 Å². The first-order valence-corrected chi connectivity index (χ1v) is 12.6. The summed E-state index contributed by atoms with van der Waals surface area (Å²) in [5, 5.41) is 12.3. The number of benzene rings is 2. The zero-order valence-corrected chi connectivity index (χ0v) is 21.4. The zero-order chi connectivity index (χ0) is 27.1. The molecular formula is C27H29F2N7O2. The molecule has 0 spiro atoms. The maximum absolute atomic E-state index is 14.4. The van der Waals surface area contributed by atoms with Crippen LogP contribution in [0.15, 0.2) is 53.5 Å². The number of halogens is 2. The van der Waals surface area contributed by atoms with Crippen molar-refractivity contribution < 1.29 is 13.6 Å². The molecule has 9 nitrogen and oxygen atoms in total. The van der Waals surface area contributed by atoms with Crippen molar-refractivity contribution in [2.24, 2.45) is 11.7 Å². The van der Waals surface area contributed by atoms with Crippen LogP contribution in [0.1, 0.15) is 43.7 Å². The normalized spacial score (nSPS) is 18.2. The van der Waals surface area contributed by atoms with Gasteiger partial charge in [0.1, 0.15) is 11.4 Å². The molecule has 2 aromatic heterocycles. The van der Waals surface area contributed by atoms with Gasteiger partial charge < -0.3 is 16.0 Å². The van der Waals surface area contributed by atoms with E-state index in [1.165, 1.54) is 12.1 Å². The van der Waals surface area contributed by atoms with Gasteiger partial charge in [-0.05, 0) is 49.6 Å². The number of nitrogens with one attached hydrogen (secondary N) is 1. The van der Waals surface area contributed by atoms with Crippen molar-refractivity contribution >= 4 is 28.2 Å². The molecule has 11 heteroatoms. The summed E-state index contributed by atoms with van der Waals surface area (Å²) in [7, 11) is 0. The van der Waals surface area contributed by atoms with Crippen LogP contribution in [0.2, 0.25) is 0 Å². The second-order valence-electron chi connectivity index (χ2n) is 9.78. The lowest BCUT2D eigenvalue weighted by atomic mass is 10.1. The Labute approximate surface area is 217 Å². The van der Waals surface area contributed by atoms with Crippen molar-refractivity contribution in [3.8, 4) is 5.69 Å². The number of hydrogen-bond donors (Lipinski definition) is 2. The van der Waals surface area contributed by atoms with Crippen LogP contribution in [0.4, 0.5) is 20.2 Å². The standard InChI is InChI=1S/C27H29F2N7O2/c1-4-16(3)35-23-10-8-21(25(17(23)12-31-35)34-13-15(2)20(30)14-34)32-27(38)22-9-11-24(37)36(33-22)26-18(28)6-5-7-19(26)29/h5-12,15-16,20H,4,13-14,30H2,1-3H3,(H,32,38)/t15-,16-,20+/m1/s1. The molecule has 3 atom stereocenters. The highest BCUT2D eigenvalue weighted by atomic mass is 19.1. The minimum Gasteiger partial charge on any atom is -0.367 e. The van der Waals surface area contributed by atoms with E-state index in [-0.39, 0.29) is 23.7 Å². The molecule has 5 rings (SSSR count). The first-order valence-electron chi connectivity index (χ1n) is 12.6. The summed E-state index contributed by atoms with van der Waals surface area (Å²) in [6, 6.07) is 9.35. The van der Waals surface area contributed by atoms with E-state index in [0.29, 0.717) is 23.5 Å². The van der Waals surface area contributed by atoms with E-state index in [0.717, 1.165) is 41.2 Å². The average molecular weight is 522 g/mol. The van der Waals surface area contributed by atoms with Gasteiger partial charge in [0.25, 0.3) is 11.5 Å². The highest BCUT2D eigenvalue weighted by Crippen LogP contribution is 2.38. The third kappa shape index (κ3) is 4.43. The summed E-state index contributed by atoms with van der Waals surface area (Å²) in [4.78, 5) is 27.9. The van der Waals surface area contributed by atoms with Crippen LogP contribution in [0.3, 0.4) is 0 Å². The summed E-state index contributed by atoms with van der Waals surface area (Å²) in [5.41, 5.74) is 6.97. The lowest BCUT2D eigenvalue weighted by molar-refractivity contribution is 0.102.